The molecule has 0 aliphatic carbocycles. The lowest BCUT2D eigenvalue weighted by atomic mass is 10.1. The second-order valence-corrected chi connectivity index (χ2v) is 5.69. The fourth-order valence-corrected chi connectivity index (χ4v) is 2.75. The van der Waals surface area contributed by atoms with Crippen molar-refractivity contribution in [1.82, 2.24) is 10.2 Å². The lowest BCUT2D eigenvalue weighted by Gasteiger charge is -2.11. The molecule has 4 aromatic rings. The zero-order chi connectivity index (χ0) is 17.9. The Kier molecular flexibility index (Phi) is 4.19. The Balaban J connectivity index is 1.80. The molecule has 1 aromatic heterocycles. The minimum atomic E-state index is -0.288. The van der Waals surface area contributed by atoms with Gasteiger partial charge in [-0.05, 0) is 42.5 Å². The maximum Gasteiger partial charge on any atom is 0.246 e. The quantitative estimate of drug-likeness (QED) is 0.507. The molecule has 0 atom stereocenters. The number of methoxy groups -OCH3 is 1. The van der Waals surface area contributed by atoms with Crippen LogP contribution in [0, 0.1) is 5.82 Å². The first-order chi connectivity index (χ1) is 12.7. The Bertz CT molecular complexity index is 1070. The van der Waals surface area contributed by atoms with Gasteiger partial charge in [0.25, 0.3) is 0 Å². The zero-order valence-electron chi connectivity index (χ0n) is 14.0. The average molecular weight is 346 g/mol. The predicted molar refractivity (Wildman–Crippen MR) is 98.0 cm³/mol. The first kappa shape index (κ1) is 16.0. The minimum absolute atomic E-state index is 0.288. The smallest absolute Gasteiger partial charge is 0.246 e. The Labute approximate surface area is 149 Å². The fraction of sp³-hybridized carbons (Fsp3) is 0.0476. The molecule has 0 fully saturated rings. The molecule has 5 heteroatoms. The summed E-state index contributed by atoms with van der Waals surface area (Å²) in [6, 6.07) is 21.2. The third-order valence-corrected chi connectivity index (χ3v) is 4.03. The SMILES string of the molecule is COc1cccc(Oc2nnc(-c3ccc(F)cc3)c3ccccc23)c1. The van der Waals surface area contributed by atoms with E-state index >= 15 is 0 Å². The van der Waals surface area contributed by atoms with Crippen molar-refractivity contribution in [3.05, 3.63) is 78.6 Å². The third-order valence-electron chi connectivity index (χ3n) is 4.03. The highest BCUT2D eigenvalue weighted by Gasteiger charge is 2.12. The standard InChI is InChI=1S/C21H15FN2O2/c1-25-16-5-4-6-17(13-16)26-21-19-8-3-2-7-18(19)20(23-24-21)14-9-11-15(22)12-10-14/h2-13H,1H3. The van der Waals surface area contributed by atoms with Crippen LogP contribution in [0.25, 0.3) is 22.0 Å². The summed E-state index contributed by atoms with van der Waals surface area (Å²) in [5.41, 5.74) is 1.47. The van der Waals surface area contributed by atoms with Crippen molar-refractivity contribution in [2.45, 2.75) is 0 Å². The van der Waals surface area contributed by atoms with E-state index in [1.54, 1.807) is 25.3 Å². The van der Waals surface area contributed by atoms with Gasteiger partial charge in [-0.25, -0.2) is 4.39 Å². The molecule has 4 rings (SSSR count). The number of nitrogens with zero attached hydrogens (tertiary/aromatic N) is 2. The van der Waals surface area contributed by atoms with E-state index in [0.717, 1.165) is 16.3 Å². The van der Waals surface area contributed by atoms with Crippen molar-refractivity contribution in [3.63, 3.8) is 0 Å². The van der Waals surface area contributed by atoms with Crippen molar-refractivity contribution < 1.29 is 13.9 Å². The number of rotatable bonds is 4. The molecule has 0 unspecified atom stereocenters. The molecule has 0 saturated heterocycles. The second kappa shape index (κ2) is 6.80. The molecule has 0 aliphatic rings. The molecule has 0 aliphatic heterocycles. The highest BCUT2D eigenvalue weighted by Crippen LogP contribution is 2.33. The first-order valence-corrected chi connectivity index (χ1v) is 8.08. The van der Waals surface area contributed by atoms with Gasteiger partial charge in [-0.15, -0.1) is 10.2 Å². The maximum atomic E-state index is 13.2. The number of hydrogen-bond acceptors (Lipinski definition) is 4. The van der Waals surface area contributed by atoms with Gasteiger partial charge < -0.3 is 9.47 Å². The number of fused-ring (bicyclic) bond motifs is 1. The summed E-state index contributed by atoms with van der Waals surface area (Å²) in [6.07, 6.45) is 0. The zero-order valence-corrected chi connectivity index (χ0v) is 14.0. The lowest BCUT2D eigenvalue weighted by molar-refractivity contribution is 0.407. The largest absolute Gasteiger partial charge is 0.497 e. The topological polar surface area (TPSA) is 44.2 Å². The first-order valence-electron chi connectivity index (χ1n) is 8.08. The van der Waals surface area contributed by atoms with Crippen LogP contribution in [0.1, 0.15) is 0 Å². The van der Waals surface area contributed by atoms with Crippen LogP contribution >= 0.6 is 0 Å². The third kappa shape index (κ3) is 3.07. The van der Waals surface area contributed by atoms with Crippen LogP contribution in [0.5, 0.6) is 17.4 Å². The molecule has 3 aromatic carbocycles. The van der Waals surface area contributed by atoms with Gasteiger partial charge in [0, 0.05) is 22.4 Å². The van der Waals surface area contributed by atoms with Crippen LogP contribution in [-0.4, -0.2) is 17.3 Å². The molecule has 4 nitrogen and oxygen atoms in total. The van der Waals surface area contributed by atoms with E-state index in [4.69, 9.17) is 9.47 Å². The van der Waals surface area contributed by atoms with Crippen LogP contribution < -0.4 is 9.47 Å². The Hall–Kier alpha value is -3.47. The van der Waals surface area contributed by atoms with E-state index in [9.17, 15) is 4.39 Å². The van der Waals surface area contributed by atoms with E-state index in [1.807, 2.05) is 42.5 Å². The van der Waals surface area contributed by atoms with Crippen LogP contribution in [0.15, 0.2) is 72.8 Å². The van der Waals surface area contributed by atoms with Crippen molar-refractivity contribution in [1.29, 1.82) is 0 Å². The molecule has 0 radical (unpaired) electrons. The molecule has 1 heterocycles. The van der Waals surface area contributed by atoms with Crippen LogP contribution in [0.3, 0.4) is 0 Å². The molecule has 0 spiro atoms. The van der Waals surface area contributed by atoms with E-state index in [-0.39, 0.29) is 5.82 Å². The summed E-state index contributed by atoms with van der Waals surface area (Å²) < 4.78 is 24.4. The Morgan fingerprint density at radius 2 is 1.50 bits per heavy atom. The molecule has 0 saturated carbocycles. The lowest BCUT2D eigenvalue weighted by Crippen LogP contribution is -1.96. The number of benzene rings is 3. The molecule has 0 amide bonds. The highest BCUT2D eigenvalue weighted by atomic mass is 19.1. The van der Waals surface area contributed by atoms with Gasteiger partial charge in [-0.2, -0.15) is 0 Å². The van der Waals surface area contributed by atoms with Crippen LogP contribution in [0.4, 0.5) is 4.39 Å². The van der Waals surface area contributed by atoms with Gasteiger partial charge in [0.15, 0.2) is 0 Å². The molecular weight excluding hydrogens is 331 g/mol. The van der Waals surface area contributed by atoms with Crippen molar-refractivity contribution in [2.24, 2.45) is 0 Å². The summed E-state index contributed by atoms with van der Waals surface area (Å²) >= 11 is 0. The summed E-state index contributed by atoms with van der Waals surface area (Å²) in [5, 5.41) is 10.3. The molecule has 128 valence electrons. The van der Waals surface area contributed by atoms with Crippen LogP contribution in [0.2, 0.25) is 0 Å². The number of aromatic nitrogens is 2. The highest BCUT2D eigenvalue weighted by molar-refractivity contribution is 5.97. The Morgan fingerprint density at radius 1 is 0.769 bits per heavy atom. The molecule has 0 bridgehead atoms. The van der Waals surface area contributed by atoms with Gasteiger partial charge in [0.05, 0.1) is 7.11 Å². The van der Waals surface area contributed by atoms with Crippen molar-refractivity contribution in [3.8, 4) is 28.6 Å². The number of halogens is 1. The Morgan fingerprint density at radius 3 is 2.27 bits per heavy atom. The molecular formula is C21H15FN2O2. The van der Waals surface area contributed by atoms with Gasteiger partial charge in [-0.3, -0.25) is 0 Å². The predicted octanol–water partition coefficient (Wildman–Crippen LogP) is 5.24. The van der Waals surface area contributed by atoms with Gasteiger partial charge in [0.1, 0.15) is 23.0 Å². The fourth-order valence-electron chi connectivity index (χ4n) is 2.75. The number of hydrogen-bond donors (Lipinski definition) is 0. The van der Waals surface area contributed by atoms with Crippen LogP contribution in [-0.2, 0) is 0 Å². The normalized spacial score (nSPS) is 10.7. The van der Waals surface area contributed by atoms with Gasteiger partial charge in [0.2, 0.25) is 5.88 Å². The van der Waals surface area contributed by atoms with E-state index < -0.39 is 0 Å². The number of ether oxygens (including phenoxy) is 2. The van der Waals surface area contributed by atoms with E-state index in [0.29, 0.717) is 23.1 Å². The van der Waals surface area contributed by atoms with Gasteiger partial charge in [-0.1, -0.05) is 24.3 Å². The average Bonchev–Trinajstić information content (AvgIpc) is 2.69. The summed E-state index contributed by atoms with van der Waals surface area (Å²) in [4.78, 5) is 0. The second-order valence-electron chi connectivity index (χ2n) is 5.69. The van der Waals surface area contributed by atoms with E-state index in [2.05, 4.69) is 10.2 Å². The summed E-state index contributed by atoms with van der Waals surface area (Å²) in [5.74, 6) is 1.42. The summed E-state index contributed by atoms with van der Waals surface area (Å²) in [7, 11) is 1.60. The van der Waals surface area contributed by atoms with Crippen molar-refractivity contribution in [2.75, 3.05) is 7.11 Å². The van der Waals surface area contributed by atoms with Crippen molar-refractivity contribution >= 4 is 10.8 Å². The van der Waals surface area contributed by atoms with Gasteiger partial charge >= 0.3 is 0 Å². The molecule has 26 heavy (non-hydrogen) atoms. The maximum absolute atomic E-state index is 13.2. The monoisotopic (exact) mass is 346 g/mol. The summed E-state index contributed by atoms with van der Waals surface area (Å²) in [6.45, 7) is 0. The van der Waals surface area contributed by atoms with E-state index in [1.165, 1.54) is 12.1 Å². The molecule has 0 N–H and O–H groups in total. The minimum Gasteiger partial charge on any atom is -0.497 e.